The first-order chi connectivity index (χ1) is 15.7. The number of anilines is 3. The van der Waals surface area contributed by atoms with Crippen molar-refractivity contribution >= 4 is 54.9 Å². The fraction of sp³-hybridized carbons (Fsp3) is 0.0800. The lowest BCUT2D eigenvalue weighted by molar-refractivity contribution is 0.104. The summed E-state index contributed by atoms with van der Waals surface area (Å²) < 4.78 is 27.2. The molecule has 3 N–H and O–H groups in total. The highest BCUT2D eigenvalue weighted by molar-refractivity contribution is 7.92. The van der Waals surface area contributed by atoms with E-state index in [-0.39, 0.29) is 31.1 Å². The topological polar surface area (TPSA) is 89.3 Å². The van der Waals surface area contributed by atoms with Crippen molar-refractivity contribution in [2.75, 3.05) is 11.1 Å². The van der Waals surface area contributed by atoms with Gasteiger partial charge in [0, 0.05) is 5.56 Å². The van der Waals surface area contributed by atoms with Crippen LogP contribution in [0.5, 0.6) is 0 Å². The Balaban J connectivity index is 1.89. The molecule has 0 fully saturated rings. The van der Waals surface area contributed by atoms with Crippen molar-refractivity contribution < 1.29 is 13.2 Å². The second-order valence-electron chi connectivity index (χ2n) is 7.62. The van der Waals surface area contributed by atoms with E-state index in [0.717, 1.165) is 22.5 Å². The number of nitrogens with two attached hydrogens (primary N) is 1. The molecule has 0 atom stereocenters. The summed E-state index contributed by atoms with van der Waals surface area (Å²) in [6.07, 6.45) is 0. The predicted molar refractivity (Wildman–Crippen MR) is 135 cm³/mol. The van der Waals surface area contributed by atoms with Crippen LogP contribution in [0.2, 0.25) is 5.02 Å². The minimum absolute atomic E-state index is 0.0827. The lowest BCUT2D eigenvalue weighted by atomic mass is 10.1. The molecule has 0 saturated heterocycles. The molecule has 3 aromatic carbocycles. The molecule has 5 nitrogen and oxygen atoms in total. The predicted octanol–water partition coefficient (Wildman–Crippen LogP) is 6.41. The number of aryl methyl sites for hydroxylation is 2. The fourth-order valence-electron chi connectivity index (χ4n) is 3.30. The highest BCUT2D eigenvalue weighted by Crippen LogP contribution is 2.44. The molecular weight excluding hydrogens is 476 g/mol. The van der Waals surface area contributed by atoms with Crippen molar-refractivity contribution in [1.29, 1.82) is 0 Å². The van der Waals surface area contributed by atoms with Crippen molar-refractivity contribution in [3.05, 3.63) is 99.4 Å². The van der Waals surface area contributed by atoms with Gasteiger partial charge >= 0.3 is 0 Å². The molecule has 0 spiro atoms. The summed E-state index contributed by atoms with van der Waals surface area (Å²) in [6.45, 7) is 3.80. The number of hydrogen-bond acceptors (Lipinski definition) is 6. The number of nitrogens with one attached hydrogen (secondary N) is 1. The smallest absolute Gasteiger partial charge is 0.211 e. The Hall–Kier alpha value is -3.13. The largest absolute Gasteiger partial charge is 0.396 e. The second-order valence-corrected chi connectivity index (χ2v) is 10.9. The van der Waals surface area contributed by atoms with Crippen LogP contribution in [0.25, 0.3) is 0 Å². The third-order valence-corrected chi connectivity index (χ3v) is 8.57. The summed E-state index contributed by atoms with van der Waals surface area (Å²) >= 11 is 7.29. The Morgan fingerprint density at radius 3 is 2.09 bits per heavy atom. The monoisotopic (exact) mass is 496 g/mol. The Morgan fingerprint density at radius 1 is 0.909 bits per heavy atom. The van der Waals surface area contributed by atoms with Crippen LogP contribution in [0.1, 0.15) is 26.4 Å². The highest BCUT2D eigenvalue weighted by Gasteiger charge is 2.31. The lowest BCUT2D eigenvalue weighted by Gasteiger charge is -2.11. The molecular formula is C25H21ClN2O3S2. The SMILES string of the molecule is Cc1ccc(C(=O)c2sc(Nc3ccccc3Cl)c(S(=O)(=O)c3ccc(C)cc3)c2N)cc1. The molecule has 0 amide bonds. The second kappa shape index (κ2) is 9.02. The number of carbonyl (C=O) groups is 1. The van der Waals surface area contributed by atoms with E-state index in [2.05, 4.69) is 5.32 Å². The fourth-order valence-corrected chi connectivity index (χ4v) is 6.41. The zero-order chi connectivity index (χ0) is 23.8. The zero-order valence-corrected chi connectivity index (χ0v) is 20.3. The van der Waals surface area contributed by atoms with E-state index in [0.29, 0.717) is 16.3 Å². The molecule has 8 heteroatoms. The quantitative estimate of drug-likeness (QED) is 0.301. The maximum atomic E-state index is 13.6. The molecule has 0 aliphatic rings. The molecule has 4 rings (SSSR count). The van der Waals surface area contributed by atoms with Crippen LogP contribution < -0.4 is 11.1 Å². The van der Waals surface area contributed by atoms with Crippen molar-refractivity contribution in [3.63, 3.8) is 0 Å². The molecule has 0 aliphatic carbocycles. The number of thiophene rings is 1. The Morgan fingerprint density at radius 2 is 1.48 bits per heavy atom. The normalized spacial score (nSPS) is 11.4. The number of hydrogen-bond donors (Lipinski definition) is 2. The van der Waals surface area contributed by atoms with Crippen molar-refractivity contribution in [2.24, 2.45) is 0 Å². The molecule has 33 heavy (non-hydrogen) atoms. The number of halogens is 1. The van der Waals surface area contributed by atoms with Gasteiger partial charge in [-0.3, -0.25) is 4.79 Å². The maximum absolute atomic E-state index is 13.6. The molecule has 0 unspecified atom stereocenters. The van der Waals surface area contributed by atoms with Crippen LogP contribution in [0.3, 0.4) is 0 Å². The van der Waals surface area contributed by atoms with Gasteiger partial charge in [-0.2, -0.15) is 0 Å². The molecule has 4 aromatic rings. The number of benzene rings is 3. The van der Waals surface area contributed by atoms with Gasteiger partial charge in [0.1, 0.15) is 14.8 Å². The number of para-hydroxylation sites is 1. The highest BCUT2D eigenvalue weighted by atomic mass is 35.5. The molecule has 0 aliphatic heterocycles. The van der Waals surface area contributed by atoms with Gasteiger partial charge in [0.15, 0.2) is 0 Å². The van der Waals surface area contributed by atoms with Crippen LogP contribution in [0.15, 0.2) is 82.6 Å². The molecule has 1 aromatic heterocycles. The van der Waals surface area contributed by atoms with Crippen LogP contribution >= 0.6 is 22.9 Å². The number of ketones is 1. The van der Waals surface area contributed by atoms with E-state index in [9.17, 15) is 13.2 Å². The average Bonchev–Trinajstić information content (AvgIpc) is 3.12. The van der Waals surface area contributed by atoms with Gasteiger partial charge in [0.25, 0.3) is 0 Å². The van der Waals surface area contributed by atoms with Gasteiger partial charge in [0.05, 0.1) is 21.3 Å². The Labute approximate surface area is 201 Å². The van der Waals surface area contributed by atoms with E-state index in [1.54, 1.807) is 48.5 Å². The van der Waals surface area contributed by atoms with Crippen LogP contribution in [-0.4, -0.2) is 14.2 Å². The van der Waals surface area contributed by atoms with Gasteiger partial charge in [-0.15, -0.1) is 11.3 Å². The van der Waals surface area contributed by atoms with Crippen LogP contribution in [-0.2, 0) is 9.84 Å². The van der Waals surface area contributed by atoms with Crippen LogP contribution in [0, 0.1) is 13.8 Å². The minimum atomic E-state index is -4.02. The van der Waals surface area contributed by atoms with E-state index in [4.69, 9.17) is 17.3 Å². The Kier molecular flexibility index (Phi) is 6.30. The first-order valence-corrected chi connectivity index (χ1v) is 12.7. The van der Waals surface area contributed by atoms with Crippen molar-refractivity contribution in [1.82, 2.24) is 0 Å². The molecule has 0 saturated carbocycles. The molecule has 0 bridgehead atoms. The number of sulfone groups is 1. The lowest BCUT2D eigenvalue weighted by Crippen LogP contribution is -2.08. The summed E-state index contributed by atoms with van der Waals surface area (Å²) in [4.78, 5) is 13.4. The van der Waals surface area contributed by atoms with E-state index in [1.807, 2.05) is 26.0 Å². The minimum Gasteiger partial charge on any atom is -0.396 e. The summed E-state index contributed by atoms with van der Waals surface area (Å²) in [6, 6.07) is 20.5. The summed E-state index contributed by atoms with van der Waals surface area (Å²) in [5, 5.41) is 3.72. The number of rotatable bonds is 6. The first kappa shape index (κ1) is 23.0. The van der Waals surface area contributed by atoms with E-state index >= 15 is 0 Å². The average molecular weight is 497 g/mol. The first-order valence-electron chi connectivity index (χ1n) is 10.1. The maximum Gasteiger partial charge on any atom is 0.211 e. The molecule has 168 valence electrons. The standard InChI is InChI=1S/C25H21ClN2O3S2/c1-15-7-11-17(12-8-15)22(29)23-21(27)24(33(30,31)18-13-9-16(2)10-14-18)25(32-23)28-20-6-4-3-5-19(20)26/h3-14,28H,27H2,1-2H3. The van der Waals surface area contributed by atoms with Gasteiger partial charge in [-0.1, -0.05) is 71.3 Å². The number of carbonyl (C=O) groups excluding carboxylic acids is 1. The zero-order valence-electron chi connectivity index (χ0n) is 17.9. The third-order valence-electron chi connectivity index (χ3n) is 5.14. The van der Waals surface area contributed by atoms with Crippen molar-refractivity contribution in [3.8, 4) is 0 Å². The van der Waals surface area contributed by atoms with Gasteiger partial charge in [0.2, 0.25) is 15.6 Å². The summed E-state index contributed by atoms with van der Waals surface area (Å²) in [5.41, 5.74) is 9.15. The summed E-state index contributed by atoms with van der Waals surface area (Å²) in [5.74, 6) is -0.343. The molecule has 1 heterocycles. The van der Waals surface area contributed by atoms with Gasteiger partial charge < -0.3 is 11.1 Å². The van der Waals surface area contributed by atoms with Gasteiger partial charge in [-0.05, 0) is 38.1 Å². The molecule has 0 radical (unpaired) electrons. The number of nitrogen functional groups attached to an aromatic ring is 1. The van der Waals surface area contributed by atoms with Gasteiger partial charge in [-0.25, -0.2) is 8.42 Å². The van der Waals surface area contributed by atoms with E-state index < -0.39 is 9.84 Å². The van der Waals surface area contributed by atoms with Crippen molar-refractivity contribution in [2.45, 2.75) is 23.6 Å². The Bertz CT molecular complexity index is 1440. The van der Waals surface area contributed by atoms with E-state index in [1.165, 1.54) is 12.1 Å². The van der Waals surface area contributed by atoms with Crippen LogP contribution in [0.4, 0.5) is 16.4 Å². The summed E-state index contributed by atoms with van der Waals surface area (Å²) in [7, 11) is -4.02. The third kappa shape index (κ3) is 4.53.